The topological polar surface area (TPSA) is 57.2 Å². The highest BCUT2D eigenvalue weighted by Crippen LogP contribution is 2.47. The first-order valence-corrected chi connectivity index (χ1v) is 10.7. The Balaban J connectivity index is 0.00000205. The van der Waals surface area contributed by atoms with E-state index in [4.69, 9.17) is 4.74 Å². The quantitative estimate of drug-likeness (QED) is 0.385. The second-order valence-electron chi connectivity index (χ2n) is 8.66. The predicted octanol–water partition coefficient (Wildman–Crippen LogP) is 2.61. The maximum absolute atomic E-state index is 11.8. The largest absolute Gasteiger partial charge is 0.374 e. The van der Waals surface area contributed by atoms with Gasteiger partial charge in [-0.05, 0) is 30.4 Å². The van der Waals surface area contributed by atoms with Gasteiger partial charge in [-0.1, -0.05) is 24.3 Å². The second-order valence-corrected chi connectivity index (χ2v) is 8.66. The number of carbonyl (C=O) groups excluding carboxylic acids is 1. The number of rotatable bonds is 4. The zero-order chi connectivity index (χ0) is 19.1. The van der Waals surface area contributed by atoms with E-state index < -0.39 is 0 Å². The zero-order valence-corrected chi connectivity index (χ0v) is 19.4. The summed E-state index contributed by atoms with van der Waals surface area (Å²) in [4.78, 5) is 20.7. The van der Waals surface area contributed by atoms with Crippen molar-refractivity contribution in [1.29, 1.82) is 0 Å². The summed E-state index contributed by atoms with van der Waals surface area (Å²) in [5.74, 6) is 2.65. The van der Waals surface area contributed by atoms with E-state index in [1.807, 2.05) is 11.9 Å². The van der Waals surface area contributed by atoms with Crippen molar-refractivity contribution in [1.82, 2.24) is 15.1 Å². The van der Waals surface area contributed by atoms with Crippen LogP contribution in [0, 0.1) is 11.8 Å². The summed E-state index contributed by atoms with van der Waals surface area (Å²) in [7, 11) is 1.87. The van der Waals surface area contributed by atoms with Gasteiger partial charge in [0.2, 0.25) is 5.91 Å². The van der Waals surface area contributed by atoms with Crippen molar-refractivity contribution in [2.24, 2.45) is 16.8 Å². The molecule has 0 spiro atoms. The smallest absolute Gasteiger partial charge is 0.222 e. The molecule has 0 aromatic heterocycles. The molecule has 1 aromatic rings. The van der Waals surface area contributed by atoms with Gasteiger partial charge in [-0.15, -0.1) is 24.0 Å². The fourth-order valence-corrected chi connectivity index (χ4v) is 5.50. The summed E-state index contributed by atoms with van der Waals surface area (Å²) in [6, 6.07) is 8.59. The lowest BCUT2D eigenvalue weighted by molar-refractivity contribution is -0.128. The van der Waals surface area contributed by atoms with Gasteiger partial charge < -0.3 is 19.9 Å². The number of guanidine groups is 1. The molecule has 4 unspecified atom stereocenters. The first-order valence-electron chi connectivity index (χ1n) is 10.7. The van der Waals surface area contributed by atoms with Crippen LogP contribution >= 0.6 is 24.0 Å². The van der Waals surface area contributed by atoms with Crippen LogP contribution in [0.25, 0.3) is 0 Å². The van der Waals surface area contributed by atoms with Crippen LogP contribution in [-0.2, 0) is 22.6 Å². The maximum atomic E-state index is 11.8. The van der Waals surface area contributed by atoms with Gasteiger partial charge in [0.05, 0.1) is 12.2 Å². The molecule has 6 nitrogen and oxygen atoms in total. The molecular weight excluding hydrogens is 479 g/mol. The van der Waals surface area contributed by atoms with Gasteiger partial charge in [-0.25, -0.2) is 0 Å². The van der Waals surface area contributed by atoms with Crippen molar-refractivity contribution in [3.05, 3.63) is 35.4 Å². The van der Waals surface area contributed by atoms with E-state index in [1.54, 1.807) is 0 Å². The van der Waals surface area contributed by atoms with E-state index in [1.165, 1.54) is 24.0 Å². The minimum atomic E-state index is 0. The van der Waals surface area contributed by atoms with Gasteiger partial charge in [0.1, 0.15) is 0 Å². The molecule has 158 valence electrons. The lowest BCUT2D eigenvalue weighted by Crippen LogP contribution is -2.41. The molecule has 29 heavy (non-hydrogen) atoms. The number of aliphatic imine (C=N–C) groups is 1. The molecule has 4 fully saturated rings. The van der Waals surface area contributed by atoms with Gasteiger partial charge in [0.25, 0.3) is 0 Å². The van der Waals surface area contributed by atoms with E-state index in [-0.39, 0.29) is 29.9 Å². The monoisotopic (exact) mass is 510 g/mol. The zero-order valence-electron chi connectivity index (χ0n) is 17.0. The highest BCUT2D eigenvalue weighted by atomic mass is 127. The molecule has 0 aliphatic carbocycles. The summed E-state index contributed by atoms with van der Waals surface area (Å²) in [6.07, 6.45) is 5.13. The minimum Gasteiger partial charge on any atom is -0.374 e. The first-order chi connectivity index (χ1) is 13.7. The molecule has 5 rings (SSSR count). The third-order valence-corrected chi connectivity index (χ3v) is 6.98. The molecule has 4 aliphatic rings. The molecule has 4 atom stereocenters. The van der Waals surface area contributed by atoms with Crippen molar-refractivity contribution >= 4 is 35.8 Å². The van der Waals surface area contributed by atoms with Crippen LogP contribution in [0.2, 0.25) is 0 Å². The Kier molecular flexibility index (Phi) is 6.34. The average Bonchev–Trinajstić information content (AvgIpc) is 3.47. The van der Waals surface area contributed by atoms with Crippen LogP contribution in [0.1, 0.15) is 36.8 Å². The predicted molar refractivity (Wildman–Crippen MR) is 123 cm³/mol. The Morgan fingerprint density at radius 1 is 1.14 bits per heavy atom. The third kappa shape index (κ3) is 4.13. The van der Waals surface area contributed by atoms with E-state index in [2.05, 4.69) is 39.5 Å². The number of halogens is 1. The standard InChI is InChI=1S/C22H30N4O2.HI/c1-23-22(26-13-17-18(14-26)20-9-8-19(17)28-20)24-11-15-4-6-16(7-5-15)12-25-10-2-3-21(25)27;/h4-7,17-20H,2-3,8-14H2,1H3,(H,23,24);1H. The van der Waals surface area contributed by atoms with Crippen molar-refractivity contribution in [2.45, 2.75) is 51.0 Å². The summed E-state index contributed by atoms with van der Waals surface area (Å²) < 4.78 is 6.08. The second kappa shape index (κ2) is 8.79. The summed E-state index contributed by atoms with van der Waals surface area (Å²) >= 11 is 0. The number of carbonyl (C=O) groups is 1. The molecule has 4 aliphatic heterocycles. The Morgan fingerprint density at radius 2 is 1.79 bits per heavy atom. The molecule has 4 saturated heterocycles. The Hall–Kier alpha value is -1.35. The van der Waals surface area contributed by atoms with E-state index in [9.17, 15) is 4.79 Å². The number of fused-ring (bicyclic) bond motifs is 5. The Bertz CT molecular complexity index is 751. The molecule has 7 heteroatoms. The number of nitrogens with one attached hydrogen (secondary N) is 1. The van der Waals surface area contributed by atoms with Crippen LogP contribution in [0.5, 0.6) is 0 Å². The number of nitrogens with zero attached hydrogens (tertiary/aromatic N) is 3. The minimum absolute atomic E-state index is 0. The Morgan fingerprint density at radius 3 is 2.38 bits per heavy atom. The van der Waals surface area contributed by atoms with E-state index >= 15 is 0 Å². The van der Waals surface area contributed by atoms with Crippen LogP contribution < -0.4 is 5.32 Å². The molecule has 0 radical (unpaired) electrons. The van der Waals surface area contributed by atoms with Gasteiger partial charge >= 0.3 is 0 Å². The summed E-state index contributed by atoms with van der Waals surface area (Å²) in [6.45, 7) is 4.52. The molecular formula is C22H31IN4O2. The van der Waals surface area contributed by atoms with E-state index in [0.717, 1.165) is 45.1 Å². The van der Waals surface area contributed by atoms with Crippen LogP contribution in [-0.4, -0.2) is 60.6 Å². The SMILES string of the molecule is CN=C(NCc1ccc(CN2CCCC2=O)cc1)N1CC2C3CCC(O3)C2C1.I. The van der Waals surface area contributed by atoms with Gasteiger partial charge in [0.15, 0.2) is 5.96 Å². The van der Waals surface area contributed by atoms with Crippen LogP contribution in [0.15, 0.2) is 29.3 Å². The van der Waals surface area contributed by atoms with Gasteiger partial charge in [-0.3, -0.25) is 9.79 Å². The molecule has 1 amide bonds. The lowest BCUT2D eigenvalue weighted by Gasteiger charge is -2.23. The third-order valence-electron chi connectivity index (χ3n) is 6.98. The summed E-state index contributed by atoms with van der Waals surface area (Å²) in [5, 5.41) is 3.54. The highest BCUT2D eigenvalue weighted by Gasteiger charge is 2.53. The maximum Gasteiger partial charge on any atom is 0.222 e. The molecule has 4 heterocycles. The molecule has 0 saturated carbocycles. The normalized spacial score (nSPS) is 30.7. The number of likely N-dealkylation sites (tertiary alicyclic amines) is 2. The molecule has 1 N–H and O–H groups in total. The molecule has 1 aromatic carbocycles. The fourth-order valence-electron chi connectivity index (χ4n) is 5.50. The van der Waals surface area contributed by atoms with Crippen LogP contribution in [0.4, 0.5) is 0 Å². The van der Waals surface area contributed by atoms with Crippen molar-refractivity contribution in [2.75, 3.05) is 26.7 Å². The average molecular weight is 510 g/mol. The van der Waals surface area contributed by atoms with Crippen molar-refractivity contribution in [3.63, 3.8) is 0 Å². The Labute approximate surface area is 190 Å². The van der Waals surface area contributed by atoms with Crippen molar-refractivity contribution < 1.29 is 9.53 Å². The number of amides is 1. The van der Waals surface area contributed by atoms with E-state index in [0.29, 0.717) is 30.5 Å². The first kappa shape index (κ1) is 20.9. The highest BCUT2D eigenvalue weighted by molar-refractivity contribution is 14.0. The summed E-state index contributed by atoms with van der Waals surface area (Å²) in [5.41, 5.74) is 2.44. The lowest BCUT2D eigenvalue weighted by atomic mass is 9.82. The molecule has 2 bridgehead atoms. The van der Waals surface area contributed by atoms with Crippen LogP contribution in [0.3, 0.4) is 0 Å². The number of hydrogen-bond acceptors (Lipinski definition) is 3. The van der Waals surface area contributed by atoms with Crippen molar-refractivity contribution in [3.8, 4) is 0 Å². The number of ether oxygens (including phenoxy) is 1. The number of hydrogen-bond donors (Lipinski definition) is 1. The number of benzene rings is 1. The van der Waals surface area contributed by atoms with Gasteiger partial charge in [-0.2, -0.15) is 0 Å². The van der Waals surface area contributed by atoms with Gasteiger partial charge in [0, 0.05) is 58.0 Å². The fraction of sp³-hybridized carbons (Fsp3) is 0.636.